The zero-order valence-electron chi connectivity index (χ0n) is 11.6. The van der Waals surface area contributed by atoms with Crippen LogP contribution in [0.5, 0.6) is 23.0 Å². The van der Waals surface area contributed by atoms with Gasteiger partial charge in [-0.25, -0.2) is 4.39 Å². The van der Waals surface area contributed by atoms with Gasteiger partial charge in [0.05, 0.1) is 0 Å². The van der Waals surface area contributed by atoms with E-state index in [-0.39, 0.29) is 16.9 Å². The molecule has 20 heavy (non-hydrogen) atoms. The predicted molar refractivity (Wildman–Crippen MR) is 74.9 cm³/mol. The van der Waals surface area contributed by atoms with E-state index in [4.69, 9.17) is 9.84 Å². The number of hydrogen-bond acceptors (Lipinski definition) is 3. The summed E-state index contributed by atoms with van der Waals surface area (Å²) in [6.45, 7) is 5.99. The van der Waals surface area contributed by atoms with Crippen molar-refractivity contribution in [1.82, 2.24) is 0 Å². The minimum atomic E-state index is -0.752. The van der Waals surface area contributed by atoms with Crippen LogP contribution in [0, 0.1) is 5.82 Å². The molecule has 0 heterocycles. The molecule has 0 bridgehead atoms. The lowest BCUT2D eigenvalue weighted by atomic mass is 9.86. The van der Waals surface area contributed by atoms with E-state index in [0.717, 1.165) is 11.6 Å². The quantitative estimate of drug-likeness (QED) is 0.858. The fourth-order valence-electron chi connectivity index (χ4n) is 1.90. The lowest BCUT2D eigenvalue weighted by Gasteiger charge is -2.20. The van der Waals surface area contributed by atoms with Crippen molar-refractivity contribution < 1.29 is 19.3 Å². The molecule has 0 fully saturated rings. The normalized spacial score (nSPS) is 11.4. The number of phenols is 2. The van der Waals surface area contributed by atoms with Gasteiger partial charge in [-0.2, -0.15) is 0 Å². The Balaban J connectivity index is 2.26. The van der Waals surface area contributed by atoms with Crippen LogP contribution in [-0.4, -0.2) is 10.2 Å². The van der Waals surface area contributed by atoms with E-state index in [1.165, 1.54) is 18.2 Å². The summed E-state index contributed by atoms with van der Waals surface area (Å²) in [6, 6.07) is 8.74. The smallest absolute Gasteiger partial charge is 0.168 e. The Kier molecular flexibility index (Phi) is 3.57. The third-order valence-electron chi connectivity index (χ3n) is 2.93. The maximum absolute atomic E-state index is 13.2. The zero-order valence-corrected chi connectivity index (χ0v) is 11.6. The van der Waals surface area contributed by atoms with E-state index in [0.29, 0.717) is 5.75 Å². The number of ether oxygens (including phenoxy) is 1. The van der Waals surface area contributed by atoms with E-state index in [1.54, 1.807) is 12.1 Å². The van der Waals surface area contributed by atoms with Crippen LogP contribution in [0.2, 0.25) is 0 Å². The number of benzene rings is 2. The second-order valence-electron chi connectivity index (χ2n) is 5.64. The Bertz CT molecular complexity index is 630. The Morgan fingerprint density at radius 1 is 0.900 bits per heavy atom. The van der Waals surface area contributed by atoms with Gasteiger partial charge in [-0.15, -0.1) is 0 Å². The highest BCUT2D eigenvalue weighted by Crippen LogP contribution is 2.35. The summed E-state index contributed by atoms with van der Waals surface area (Å²) in [5.41, 5.74) is 0.634. The second kappa shape index (κ2) is 5.04. The SMILES string of the molecule is CC(C)(C)c1ccc(Oc2ccc(O)c(F)c2)cc1O. The third kappa shape index (κ3) is 3.02. The molecule has 0 aliphatic carbocycles. The van der Waals surface area contributed by atoms with E-state index in [2.05, 4.69) is 0 Å². The Morgan fingerprint density at radius 3 is 2.05 bits per heavy atom. The first-order chi connectivity index (χ1) is 9.27. The van der Waals surface area contributed by atoms with Gasteiger partial charge in [-0.1, -0.05) is 26.8 Å². The summed E-state index contributed by atoms with van der Waals surface area (Å²) < 4.78 is 18.7. The maximum Gasteiger partial charge on any atom is 0.168 e. The molecule has 0 amide bonds. The van der Waals surface area contributed by atoms with Gasteiger partial charge in [-0.05, 0) is 29.2 Å². The number of phenolic OH excluding ortho intramolecular Hbond substituents is 2. The number of halogens is 1. The molecule has 0 saturated heterocycles. The zero-order chi connectivity index (χ0) is 14.9. The van der Waals surface area contributed by atoms with Gasteiger partial charge in [0.15, 0.2) is 11.6 Å². The molecule has 4 heteroatoms. The largest absolute Gasteiger partial charge is 0.508 e. The average Bonchev–Trinajstić information content (AvgIpc) is 2.32. The highest BCUT2D eigenvalue weighted by Gasteiger charge is 2.18. The van der Waals surface area contributed by atoms with Crippen molar-refractivity contribution in [2.24, 2.45) is 0 Å². The Hall–Kier alpha value is -2.23. The van der Waals surface area contributed by atoms with Crippen LogP contribution in [-0.2, 0) is 5.41 Å². The standard InChI is InChI=1S/C16H17FO3/c1-16(2,3)12-6-4-11(9-15(12)19)20-10-5-7-14(18)13(17)8-10/h4-9,18-19H,1-3H3. The van der Waals surface area contributed by atoms with Gasteiger partial charge in [0.1, 0.15) is 17.2 Å². The van der Waals surface area contributed by atoms with Crippen LogP contribution in [0.15, 0.2) is 36.4 Å². The average molecular weight is 276 g/mol. The highest BCUT2D eigenvalue weighted by molar-refractivity contribution is 5.45. The summed E-state index contributed by atoms with van der Waals surface area (Å²) >= 11 is 0. The molecule has 0 aromatic heterocycles. The monoisotopic (exact) mass is 276 g/mol. The van der Waals surface area contributed by atoms with Gasteiger partial charge in [0.25, 0.3) is 0 Å². The van der Waals surface area contributed by atoms with Crippen LogP contribution in [0.4, 0.5) is 4.39 Å². The van der Waals surface area contributed by atoms with E-state index in [9.17, 15) is 9.50 Å². The molecule has 0 atom stereocenters. The molecule has 0 saturated carbocycles. The molecule has 2 rings (SSSR count). The molecule has 3 nitrogen and oxygen atoms in total. The van der Waals surface area contributed by atoms with Crippen LogP contribution in [0.1, 0.15) is 26.3 Å². The summed E-state index contributed by atoms with van der Waals surface area (Å²) in [4.78, 5) is 0. The van der Waals surface area contributed by atoms with E-state index >= 15 is 0 Å². The lowest BCUT2D eigenvalue weighted by molar-refractivity contribution is 0.419. The van der Waals surface area contributed by atoms with Gasteiger partial charge < -0.3 is 14.9 Å². The van der Waals surface area contributed by atoms with Crippen molar-refractivity contribution in [2.75, 3.05) is 0 Å². The Morgan fingerprint density at radius 2 is 1.50 bits per heavy atom. The van der Waals surface area contributed by atoms with Crippen molar-refractivity contribution in [1.29, 1.82) is 0 Å². The fourth-order valence-corrected chi connectivity index (χ4v) is 1.90. The molecule has 0 spiro atoms. The molecule has 0 radical (unpaired) electrons. The number of aromatic hydroxyl groups is 2. The minimum absolute atomic E-state index is 0.134. The summed E-state index contributed by atoms with van der Waals surface area (Å²) in [5.74, 6) is -0.389. The summed E-state index contributed by atoms with van der Waals surface area (Å²) in [5, 5.41) is 19.1. The van der Waals surface area contributed by atoms with E-state index in [1.807, 2.05) is 20.8 Å². The first kappa shape index (κ1) is 14.2. The van der Waals surface area contributed by atoms with Crippen molar-refractivity contribution in [3.05, 3.63) is 47.8 Å². The summed E-state index contributed by atoms with van der Waals surface area (Å²) in [6.07, 6.45) is 0. The molecule has 2 N–H and O–H groups in total. The molecule has 106 valence electrons. The van der Waals surface area contributed by atoms with Crippen LogP contribution in [0.3, 0.4) is 0 Å². The number of rotatable bonds is 2. The van der Waals surface area contributed by atoms with Gasteiger partial charge in [-0.3, -0.25) is 0 Å². The fraction of sp³-hybridized carbons (Fsp3) is 0.250. The van der Waals surface area contributed by atoms with Gasteiger partial charge >= 0.3 is 0 Å². The van der Waals surface area contributed by atoms with Crippen molar-refractivity contribution in [3.8, 4) is 23.0 Å². The maximum atomic E-state index is 13.2. The van der Waals surface area contributed by atoms with Crippen molar-refractivity contribution in [3.63, 3.8) is 0 Å². The first-order valence-corrected chi connectivity index (χ1v) is 6.27. The van der Waals surface area contributed by atoms with Crippen molar-refractivity contribution in [2.45, 2.75) is 26.2 Å². The number of hydrogen-bond donors (Lipinski definition) is 2. The first-order valence-electron chi connectivity index (χ1n) is 6.27. The van der Waals surface area contributed by atoms with E-state index < -0.39 is 11.6 Å². The highest BCUT2D eigenvalue weighted by atomic mass is 19.1. The van der Waals surface area contributed by atoms with Gasteiger partial charge in [0.2, 0.25) is 0 Å². The third-order valence-corrected chi connectivity index (χ3v) is 2.93. The molecule has 2 aromatic carbocycles. The van der Waals surface area contributed by atoms with Gasteiger partial charge in [0, 0.05) is 12.1 Å². The molecule has 0 aliphatic rings. The topological polar surface area (TPSA) is 49.7 Å². The van der Waals surface area contributed by atoms with Crippen LogP contribution < -0.4 is 4.74 Å². The second-order valence-corrected chi connectivity index (χ2v) is 5.64. The van der Waals surface area contributed by atoms with Crippen molar-refractivity contribution >= 4 is 0 Å². The van der Waals surface area contributed by atoms with Crippen LogP contribution >= 0.6 is 0 Å². The summed E-state index contributed by atoms with van der Waals surface area (Å²) in [7, 11) is 0. The Labute approximate surface area is 117 Å². The predicted octanol–water partition coefficient (Wildman–Crippen LogP) is 4.33. The lowest BCUT2D eigenvalue weighted by Crippen LogP contribution is -2.11. The molecule has 0 aliphatic heterocycles. The molecular formula is C16H17FO3. The molecule has 2 aromatic rings. The van der Waals surface area contributed by atoms with Crippen LogP contribution in [0.25, 0.3) is 0 Å². The minimum Gasteiger partial charge on any atom is -0.508 e. The molecule has 0 unspecified atom stereocenters. The molecular weight excluding hydrogens is 259 g/mol.